The molecule has 0 spiro atoms. The van der Waals surface area contributed by atoms with Crippen molar-refractivity contribution in [3.8, 4) is 0 Å². The van der Waals surface area contributed by atoms with Gasteiger partial charge in [0.15, 0.2) is 0 Å². The molecule has 2 aliphatic rings. The first kappa shape index (κ1) is 20.9. The first-order chi connectivity index (χ1) is 15.7. The van der Waals surface area contributed by atoms with E-state index in [9.17, 15) is 0 Å². The fourth-order valence-electron chi connectivity index (χ4n) is 4.63. The van der Waals surface area contributed by atoms with Crippen LogP contribution in [0.5, 0.6) is 0 Å². The smallest absolute Gasteiger partial charge is 0.223 e. The maximum absolute atomic E-state index is 5.52. The van der Waals surface area contributed by atoms with E-state index in [0.29, 0.717) is 5.92 Å². The summed E-state index contributed by atoms with van der Waals surface area (Å²) in [4.78, 5) is 23.5. The molecule has 0 bridgehead atoms. The lowest BCUT2D eigenvalue weighted by atomic mass is 9.96. The van der Waals surface area contributed by atoms with Gasteiger partial charge in [-0.3, -0.25) is 4.98 Å². The second-order valence-corrected chi connectivity index (χ2v) is 8.76. The van der Waals surface area contributed by atoms with Gasteiger partial charge in [0.05, 0.1) is 18.7 Å². The van der Waals surface area contributed by atoms with Crippen LogP contribution in [0.3, 0.4) is 0 Å². The third-order valence-electron chi connectivity index (χ3n) is 6.35. The lowest BCUT2D eigenvalue weighted by Gasteiger charge is -2.35. The Balaban J connectivity index is 1.29. The fourth-order valence-corrected chi connectivity index (χ4v) is 4.63. The molecule has 3 aromatic rings. The highest BCUT2D eigenvalue weighted by Crippen LogP contribution is 2.31. The molecule has 2 fully saturated rings. The molecule has 0 radical (unpaired) electrons. The van der Waals surface area contributed by atoms with Gasteiger partial charge in [0.25, 0.3) is 0 Å². The number of aryl methyl sites for hydroxylation is 2. The second-order valence-electron chi connectivity index (χ2n) is 8.76. The molecule has 2 saturated heterocycles. The minimum Gasteiger partial charge on any atom is -0.378 e. The van der Waals surface area contributed by atoms with Crippen LogP contribution in [0, 0.1) is 19.8 Å². The van der Waals surface area contributed by atoms with Gasteiger partial charge in [0.2, 0.25) is 5.95 Å². The Labute approximate surface area is 189 Å². The summed E-state index contributed by atoms with van der Waals surface area (Å²) in [5.41, 5.74) is 3.01. The quantitative estimate of drug-likeness (QED) is 0.657. The van der Waals surface area contributed by atoms with Crippen LogP contribution in [0.15, 0.2) is 30.5 Å². The fraction of sp³-hybridized carbons (Fsp3) is 0.500. The minimum atomic E-state index is 0.600. The molecule has 32 heavy (non-hydrogen) atoms. The standard InChI is InChI=1S/C24H31N7O/c1-17-14-18(2)28-24(27-17)26-16-19-5-8-31(9-6-19)23-20-4-3-7-25-21(20)15-22(29-23)30-10-12-32-13-11-30/h3-4,7,14-15,19H,5-6,8-13,16H2,1-2H3,(H,26,27,28). The number of nitrogens with one attached hydrogen (secondary N) is 1. The van der Waals surface area contributed by atoms with Crippen LogP contribution in [0.1, 0.15) is 24.2 Å². The van der Waals surface area contributed by atoms with Crippen molar-refractivity contribution in [3.05, 3.63) is 41.9 Å². The molecule has 2 aliphatic heterocycles. The van der Waals surface area contributed by atoms with Crippen LogP contribution in [-0.2, 0) is 4.74 Å². The molecular formula is C24H31N7O. The highest BCUT2D eigenvalue weighted by molar-refractivity contribution is 5.91. The summed E-state index contributed by atoms with van der Waals surface area (Å²) >= 11 is 0. The largest absolute Gasteiger partial charge is 0.378 e. The molecular weight excluding hydrogens is 402 g/mol. The Hall–Kier alpha value is -3.00. The van der Waals surface area contributed by atoms with Crippen LogP contribution in [-0.4, -0.2) is 65.9 Å². The zero-order valence-electron chi connectivity index (χ0n) is 18.9. The van der Waals surface area contributed by atoms with Gasteiger partial charge in [0.1, 0.15) is 11.6 Å². The van der Waals surface area contributed by atoms with E-state index in [1.54, 1.807) is 0 Å². The molecule has 8 heteroatoms. The van der Waals surface area contributed by atoms with Crippen molar-refractivity contribution in [1.29, 1.82) is 0 Å². The molecule has 0 unspecified atom stereocenters. The Morgan fingerprint density at radius 1 is 0.969 bits per heavy atom. The van der Waals surface area contributed by atoms with Crippen LogP contribution in [0.25, 0.3) is 10.9 Å². The number of pyridine rings is 2. The summed E-state index contributed by atoms with van der Waals surface area (Å²) < 4.78 is 5.52. The Kier molecular flexibility index (Phi) is 6.03. The van der Waals surface area contributed by atoms with E-state index in [0.717, 1.165) is 98.7 Å². The van der Waals surface area contributed by atoms with Crippen LogP contribution in [0.2, 0.25) is 0 Å². The van der Waals surface area contributed by atoms with Crippen molar-refractivity contribution in [2.75, 3.05) is 61.1 Å². The van der Waals surface area contributed by atoms with Crippen molar-refractivity contribution >= 4 is 28.5 Å². The molecule has 0 atom stereocenters. The second kappa shape index (κ2) is 9.24. The van der Waals surface area contributed by atoms with E-state index in [-0.39, 0.29) is 0 Å². The normalized spacial score (nSPS) is 17.7. The van der Waals surface area contributed by atoms with Gasteiger partial charge < -0.3 is 19.9 Å². The predicted octanol–water partition coefficient (Wildman–Crippen LogP) is 3.20. The molecule has 0 aromatic carbocycles. The highest BCUT2D eigenvalue weighted by atomic mass is 16.5. The van der Waals surface area contributed by atoms with E-state index in [1.165, 1.54) is 0 Å². The summed E-state index contributed by atoms with van der Waals surface area (Å²) in [6, 6.07) is 8.26. The molecule has 1 N–H and O–H groups in total. The number of anilines is 3. The molecule has 0 saturated carbocycles. The number of ether oxygens (including phenoxy) is 1. The number of hydrogen-bond acceptors (Lipinski definition) is 8. The van der Waals surface area contributed by atoms with E-state index in [2.05, 4.69) is 42.2 Å². The Bertz CT molecular complexity index is 1050. The molecule has 168 valence electrons. The first-order valence-corrected chi connectivity index (χ1v) is 11.6. The number of hydrogen-bond donors (Lipinski definition) is 1. The van der Waals surface area contributed by atoms with Crippen molar-refractivity contribution < 1.29 is 4.74 Å². The maximum Gasteiger partial charge on any atom is 0.223 e. The summed E-state index contributed by atoms with van der Waals surface area (Å²) in [6.07, 6.45) is 4.09. The lowest BCUT2D eigenvalue weighted by Crippen LogP contribution is -2.38. The van der Waals surface area contributed by atoms with E-state index >= 15 is 0 Å². The van der Waals surface area contributed by atoms with Gasteiger partial charge in [0, 0.05) is 61.8 Å². The monoisotopic (exact) mass is 433 g/mol. The number of rotatable bonds is 5. The van der Waals surface area contributed by atoms with Gasteiger partial charge in [-0.1, -0.05) is 0 Å². The van der Waals surface area contributed by atoms with Gasteiger partial charge in [-0.05, 0) is 50.8 Å². The molecule has 5 heterocycles. The zero-order chi connectivity index (χ0) is 21.9. The number of aromatic nitrogens is 4. The average molecular weight is 434 g/mol. The number of nitrogens with zero attached hydrogens (tertiary/aromatic N) is 6. The first-order valence-electron chi connectivity index (χ1n) is 11.6. The average Bonchev–Trinajstić information content (AvgIpc) is 2.82. The van der Waals surface area contributed by atoms with Crippen molar-refractivity contribution in [2.24, 2.45) is 5.92 Å². The van der Waals surface area contributed by atoms with Crippen LogP contribution >= 0.6 is 0 Å². The molecule has 8 nitrogen and oxygen atoms in total. The highest BCUT2D eigenvalue weighted by Gasteiger charge is 2.24. The minimum absolute atomic E-state index is 0.600. The van der Waals surface area contributed by atoms with Crippen LogP contribution in [0.4, 0.5) is 17.6 Å². The number of morpholine rings is 1. The Morgan fingerprint density at radius 2 is 1.72 bits per heavy atom. The predicted molar refractivity (Wildman–Crippen MR) is 128 cm³/mol. The lowest BCUT2D eigenvalue weighted by molar-refractivity contribution is 0.122. The topological polar surface area (TPSA) is 79.3 Å². The third-order valence-corrected chi connectivity index (χ3v) is 6.35. The summed E-state index contributed by atoms with van der Waals surface area (Å²) in [7, 11) is 0. The van der Waals surface area contributed by atoms with Crippen molar-refractivity contribution in [3.63, 3.8) is 0 Å². The van der Waals surface area contributed by atoms with Gasteiger partial charge in [-0.25, -0.2) is 15.0 Å². The van der Waals surface area contributed by atoms with Gasteiger partial charge in [-0.2, -0.15) is 0 Å². The van der Waals surface area contributed by atoms with Crippen molar-refractivity contribution in [1.82, 2.24) is 19.9 Å². The molecule has 3 aromatic heterocycles. The van der Waals surface area contributed by atoms with Gasteiger partial charge >= 0.3 is 0 Å². The molecule has 5 rings (SSSR count). The zero-order valence-corrected chi connectivity index (χ0v) is 18.9. The van der Waals surface area contributed by atoms with E-state index in [1.807, 2.05) is 32.2 Å². The maximum atomic E-state index is 5.52. The molecule has 0 aliphatic carbocycles. The number of fused-ring (bicyclic) bond motifs is 1. The van der Waals surface area contributed by atoms with E-state index < -0.39 is 0 Å². The van der Waals surface area contributed by atoms with E-state index in [4.69, 9.17) is 9.72 Å². The summed E-state index contributed by atoms with van der Waals surface area (Å²) in [6.45, 7) is 10.1. The third kappa shape index (κ3) is 4.60. The molecule has 0 amide bonds. The summed E-state index contributed by atoms with van der Waals surface area (Å²) in [5.74, 6) is 3.40. The summed E-state index contributed by atoms with van der Waals surface area (Å²) in [5, 5.41) is 4.58. The SMILES string of the molecule is Cc1cc(C)nc(NCC2CCN(c3nc(N4CCOCC4)cc4ncccc34)CC2)n1. The Morgan fingerprint density at radius 3 is 2.47 bits per heavy atom. The van der Waals surface area contributed by atoms with Crippen LogP contribution < -0.4 is 15.1 Å². The van der Waals surface area contributed by atoms with Crippen molar-refractivity contribution in [2.45, 2.75) is 26.7 Å². The number of piperidine rings is 1. The van der Waals surface area contributed by atoms with Gasteiger partial charge in [-0.15, -0.1) is 0 Å².